The van der Waals surface area contributed by atoms with Crippen molar-refractivity contribution in [3.8, 4) is 17.4 Å². The van der Waals surface area contributed by atoms with Gasteiger partial charge in [-0.25, -0.2) is 14.1 Å². The minimum absolute atomic E-state index is 0.127. The highest BCUT2D eigenvalue weighted by atomic mass is 35.5. The normalized spacial score (nSPS) is 12.0. The molecule has 1 heterocycles. The third-order valence-corrected chi connectivity index (χ3v) is 5.32. The maximum Gasteiger partial charge on any atom is 0.422 e. The number of hydrogen-bond donors (Lipinski definition) is 1. The number of benzene rings is 1. The maximum absolute atomic E-state index is 14.3. The number of ether oxygens (including phenoxy) is 2. The summed E-state index contributed by atoms with van der Waals surface area (Å²) in [4.78, 5) is 15.6. The largest absolute Gasteiger partial charge is 0.467 e. The highest BCUT2D eigenvalue weighted by molar-refractivity contribution is 7.87. The summed E-state index contributed by atoms with van der Waals surface area (Å²) >= 11 is 11.8. The first-order chi connectivity index (χ1) is 14.2. The molecule has 1 aromatic carbocycles. The molecule has 0 aliphatic heterocycles. The van der Waals surface area contributed by atoms with Crippen molar-refractivity contribution in [1.82, 2.24) is 14.0 Å². The van der Waals surface area contributed by atoms with Gasteiger partial charge < -0.3 is 9.47 Å². The first-order valence-corrected chi connectivity index (χ1v) is 10.2. The van der Waals surface area contributed by atoms with Crippen LogP contribution in [0, 0.1) is 5.82 Å². The average molecular weight is 506 g/mol. The van der Waals surface area contributed by atoms with E-state index in [0.717, 1.165) is 32.4 Å². The zero-order chi connectivity index (χ0) is 23.6. The molecule has 0 saturated carbocycles. The fourth-order valence-corrected chi connectivity index (χ4v) is 2.83. The van der Waals surface area contributed by atoms with Gasteiger partial charge >= 0.3 is 16.4 Å². The Bertz CT molecular complexity index is 1100. The Morgan fingerprint density at radius 1 is 1.19 bits per heavy atom. The molecule has 0 unspecified atom stereocenters. The van der Waals surface area contributed by atoms with Crippen LogP contribution in [-0.4, -0.2) is 50.5 Å². The van der Waals surface area contributed by atoms with Crippen molar-refractivity contribution in [2.75, 3.05) is 20.7 Å². The van der Waals surface area contributed by atoms with Gasteiger partial charge in [-0.05, 0) is 6.07 Å². The molecule has 1 aromatic heterocycles. The van der Waals surface area contributed by atoms with E-state index < -0.39 is 46.2 Å². The van der Waals surface area contributed by atoms with Crippen LogP contribution in [0.3, 0.4) is 0 Å². The second kappa shape index (κ2) is 9.42. The van der Waals surface area contributed by atoms with E-state index in [1.807, 2.05) is 0 Å². The number of aromatic nitrogens is 1. The number of amides is 1. The van der Waals surface area contributed by atoms with Crippen LogP contribution in [0.2, 0.25) is 10.0 Å². The molecule has 1 amide bonds. The zero-order valence-electron chi connectivity index (χ0n) is 15.6. The minimum Gasteiger partial charge on any atom is -0.467 e. The topological polar surface area (TPSA) is 97.8 Å². The lowest BCUT2D eigenvalue weighted by molar-refractivity contribution is -0.154. The molecule has 0 radical (unpaired) electrons. The van der Waals surface area contributed by atoms with Gasteiger partial charge in [-0.3, -0.25) is 4.79 Å². The molecule has 170 valence electrons. The van der Waals surface area contributed by atoms with Gasteiger partial charge in [-0.2, -0.15) is 25.9 Å². The number of pyridine rings is 1. The van der Waals surface area contributed by atoms with Gasteiger partial charge in [0.2, 0.25) is 5.88 Å². The molecule has 31 heavy (non-hydrogen) atoms. The van der Waals surface area contributed by atoms with Gasteiger partial charge in [0.15, 0.2) is 6.61 Å². The predicted molar refractivity (Wildman–Crippen MR) is 102 cm³/mol. The summed E-state index contributed by atoms with van der Waals surface area (Å²) in [6, 6.07) is 2.60. The van der Waals surface area contributed by atoms with E-state index in [1.165, 1.54) is 0 Å². The molecule has 0 bridgehead atoms. The Morgan fingerprint density at radius 2 is 1.84 bits per heavy atom. The van der Waals surface area contributed by atoms with Crippen LogP contribution >= 0.6 is 23.2 Å². The van der Waals surface area contributed by atoms with E-state index in [9.17, 15) is 30.8 Å². The van der Waals surface area contributed by atoms with E-state index in [4.69, 9.17) is 27.9 Å². The smallest absolute Gasteiger partial charge is 0.422 e. The van der Waals surface area contributed by atoms with E-state index in [1.54, 1.807) is 4.72 Å². The molecular formula is C16H13Cl2F4N3O5S. The second-order valence-electron chi connectivity index (χ2n) is 5.95. The Labute approximate surface area is 183 Å². The van der Waals surface area contributed by atoms with Crippen LogP contribution in [0.15, 0.2) is 24.4 Å². The highest BCUT2D eigenvalue weighted by Crippen LogP contribution is 2.34. The number of rotatable bonds is 7. The Kier molecular flexibility index (Phi) is 7.57. The minimum atomic E-state index is -4.59. The van der Waals surface area contributed by atoms with Crippen molar-refractivity contribution in [1.29, 1.82) is 0 Å². The fraction of sp³-hybridized carbons (Fsp3) is 0.250. The van der Waals surface area contributed by atoms with Crippen molar-refractivity contribution in [3.63, 3.8) is 0 Å². The number of nitrogens with zero attached hydrogens (tertiary/aromatic N) is 2. The van der Waals surface area contributed by atoms with Gasteiger partial charge in [0.05, 0.1) is 16.8 Å². The monoisotopic (exact) mass is 505 g/mol. The zero-order valence-corrected chi connectivity index (χ0v) is 18.0. The van der Waals surface area contributed by atoms with Crippen LogP contribution in [0.5, 0.6) is 17.4 Å². The number of carbonyl (C=O) groups is 1. The van der Waals surface area contributed by atoms with Gasteiger partial charge in [0, 0.05) is 26.2 Å². The summed E-state index contributed by atoms with van der Waals surface area (Å²) in [6.45, 7) is -1.61. The summed E-state index contributed by atoms with van der Waals surface area (Å²) in [5, 5.41) is -0.592. The molecule has 2 aromatic rings. The van der Waals surface area contributed by atoms with Crippen molar-refractivity contribution in [2.45, 2.75) is 6.18 Å². The number of halogens is 6. The van der Waals surface area contributed by atoms with Crippen molar-refractivity contribution < 1.29 is 40.2 Å². The molecule has 0 atom stereocenters. The summed E-state index contributed by atoms with van der Waals surface area (Å²) in [6.07, 6.45) is -3.64. The van der Waals surface area contributed by atoms with Crippen molar-refractivity contribution in [2.24, 2.45) is 0 Å². The van der Waals surface area contributed by atoms with Crippen molar-refractivity contribution in [3.05, 3.63) is 45.8 Å². The van der Waals surface area contributed by atoms with E-state index in [0.29, 0.717) is 10.4 Å². The van der Waals surface area contributed by atoms with E-state index in [-0.39, 0.29) is 21.5 Å². The lowest BCUT2D eigenvalue weighted by atomic mass is 10.2. The third-order valence-electron chi connectivity index (χ3n) is 3.35. The molecule has 8 nitrogen and oxygen atoms in total. The average Bonchev–Trinajstić information content (AvgIpc) is 2.62. The molecule has 15 heteroatoms. The molecule has 0 spiro atoms. The molecule has 0 aliphatic carbocycles. The van der Waals surface area contributed by atoms with Crippen LogP contribution in [0.1, 0.15) is 10.4 Å². The summed E-state index contributed by atoms with van der Waals surface area (Å²) in [7, 11) is -1.85. The van der Waals surface area contributed by atoms with Crippen LogP contribution in [0.4, 0.5) is 17.6 Å². The highest BCUT2D eigenvalue weighted by Gasteiger charge is 2.29. The van der Waals surface area contributed by atoms with Crippen LogP contribution < -0.4 is 14.2 Å². The predicted octanol–water partition coefficient (Wildman–Crippen LogP) is 3.80. The fourth-order valence-electron chi connectivity index (χ4n) is 1.89. The third kappa shape index (κ3) is 6.82. The number of alkyl halides is 3. The lowest BCUT2D eigenvalue weighted by Gasteiger charge is -2.14. The summed E-state index contributed by atoms with van der Waals surface area (Å²) in [5.41, 5.74) is -0.671. The standard InChI is InChI=1S/C16H13Cl2F4N3O5S/c1-25(2)31(27,28)24-14(26)9-4-10(17)13(5-12(9)19)30-8-3-11(18)15(23-6-8)29-7-16(20,21)22/h3-6H,7H2,1-2H3,(H,24,26). The SMILES string of the molecule is CN(C)S(=O)(=O)NC(=O)c1cc(Cl)c(Oc2cnc(OCC(F)(F)F)c(Cl)c2)cc1F. The van der Waals surface area contributed by atoms with E-state index in [2.05, 4.69) is 9.72 Å². The second-order valence-corrected chi connectivity index (χ2v) is 8.64. The number of carbonyl (C=O) groups excluding carboxylic acids is 1. The summed E-state index contributed by atoms with van der Waals surface area (Å²) < 4.78 is 86.4. The summed E-state index contributed by atoms with van der Waals surface area (Å²) in [5.74, 6) is -3.35. The Morgan fingerprint density at radius 3 is 2.39 bits per heavy atom. The molecule has 1 N–H and O–H groups in total. The first kappa shape index (κ1) is 24.9. The molecule has 2 rings (SSSR count). The van der Waals surface area contributed by atoms with Gasteiger partial charge in [-0.15, -0.1) is 0 Å². The molecule has 0 aliphatic rings. The Balaban J connectivity index is 2.21. The van der Waals surface area contributed by atoms with Crippen LogP contribution in [0.25, 0.3) is 0 Å². The van der Waals surface area contributed by atoms with Gasteiger partial charge in [0.25, 0.3) is 5.91 Å². The van der Waals surface area contributed by atoms with Crippen molar-refractivity contribution >= 4 is 39.3 Å². The maximum atomic E-state index is 14.3. The molecular weight excluding hydrogens is 493 g/mol. The van der Waals surface area contributed by atoms with Crippen LogP contribution in [-0.2, 0) is 10.2 Å². The Hall–Kier alpha value is -2.35. The first-order valence-electron chi connectivity index (χ1n) is 7.96. The van der Waals surface area contributed by atoms with Gasteiger partial charge in [0.1, 0.15) is 22.3 Å². The molecule has 0 fully saturated rings. The number of hydrogen-bond acceptors (Lipinski definition) is 6. The van der Waals surface area contributed by atoms with E-state index >= 15 is 0 Å². The lowest BCUT2D eigenvalue weighted by Crippen LogP contribution is -2.39. The van der Waals surface area contributed by atoms with Gasteiger partial charge in [-0.1, -0.05) is 23.2 Å². The quantitative estimate of drug-likeness (QED) is 0.574. The molecule has 0 saturated heterocycles. The number of nitrogens with one attached hydrogen (secondary N) is 1.